The van der Waals surface area contributed by atoms with Gasteiger partial charge < -0.3 is 15.3 Å². The molecule has 0 aromatic carbocycles. The van der Waals surface area contributed by atoms with E-state index in [1.807, 2.05) is 0 Å². The number of hydrogen-bond acceptors (Lipinski definition) is 2. The molecule has 0 saturated heterocycles. The van der Waals surface area contributed by atoms with E-state index in [-0.39, 0.29) is 0 Å². The van der Waals surface area contributed by atoms with Gasteiger partial charge >= 0.3 is 12.0 Å². The molecular weight excluding hydrogens is 172 g/mol. The van der Waals surface area contributed by atoms with E-state index in [1.165, 1.54) is 11.8 Å². The standard InChI is InChI=1S/C8H16N2O3/c1-5-8(2,6(11)12)9-7(13)10(3)4/h5H2,1-4H3,(H,9,13)(H,11,12). The minimum atomic E-state index is -1.18. The normalized spacial score (nSPS) is 14.5. The first-order valence-corrected chi connectivity index (χ1v) is 4.06. The van der Waals surface area contributed by atoms with Crippen LogP contribution in [-0.4, -0.2) is 41.6 Å². The molecule has 2 N–H and O–H groups in total. The first kappa shape index (κ1) is 11.7. The van der Waals surface area contributed by atoms with E-state index >= 15 is 0 Å². The van der Waals surface area contributed by atoms with Crippen molar-refractivity contribution in [2.24, 2.45) is 0 Å². The van der Waals surface area contributed by atoms with Gasteiger partial charge in [0, 0.05) is 14.1 Å². The second kappa shape index (κ2) is 4.11. The highest BCUT2D eigenvalue weighted by Gasteiger charge is 2.33. The molecule has 0 fully saturated rings. The summed E-state index contributed by atoms with van der Waals surface area (Å²) in [5, 5.41) is 11.3. The number of carboxylic acids is 1. The molecule has 76 valence electrons. The fourth-order valence-electron chi connectivity index (χ4n) is 0.641. The highest BCUT2D eigenvalue weighted by molar-refractivity contribution is 5.85. The molecule has 0 bridgehead atoms. The minimum absolute atomic E-state index is 0.349. The van der Waals surface area contributed by atoms with Crippen molar-refractivity contribution in [1.82, 2.24) is 10.2 Å². The van der Waals surface area contributed by atoms with Gasteiger partial charge in [-0.05, 0) is 13.3 Å². The van der Waals surface area contributed by atoms with E-state index in [4.69, 9.17) is 5.11 Å². The smallest absolute Gasteiger partial charge is 0.329 e. The van der Waals surface area contributed by atoms with Gasteiger partial charge in [-0.2, -0.15) is 0 Å². The molecule has 5 heteroatoms. The van der Waals surface area contributed by atoms with Crippen LogP contribution in [0.1, 0.15) is 20.3 Å². The lowest BCUT2D eigenvalue weighted by Gasteiger charge is -2.26. The van der Waals surface area contributed by atoms with Gasteiger partial charge in [-0.3, -0.25) is 0 Å². The van der Waals surface area contributed by atoms with Gasteiger partial charge in [0.15, 0.2) is 0 Å². The molecule has 0 spiro atoms. The zero-order valence-electron chi connectivity index (χ0n) is 8.42. The van der Waals surface area contributed by atoms with Crippen molar-refractivity contribution in [1.29, 1.82) is 0 Å². The zero-order valence-corrected chi connectivity index (χ0v) is 8.42. The van der Waals surface area contributed by atoms with Crippen LogP contribution in [0.5, 0.6) is 0 Å². The van der Waals surface area contributed by atoms with E-state index in [0.29, 0.717) is 6.42 Å². The number of nitrogens with zero attached hydrogens (tertiary/aromatic N) is 1. The molecule has 0 aliphatic heterocycles. The fourth-order valence-corrected chi connectivity index (χ4v) is 0.641. The average molecular weight is 188 g/mol. The van der Waals surface area contributed by atoms with Gasteiger partial charge in [0.25, 0.3) is 0 Å². The Bertz CT molecular complexity index is 215. The zero-order chi connectivity index (χ0) is 10.6. The summed E-state index contributed by atoms with van der Waals surface area (Å²) in [5.41, 5.74) is -1.18. The Kier molecular flexibility index (Phi) is 3.71. The van der Waals surface area contributed by atoms with E-state index in [0.717, 1.165) is 0 Å². The quantitative estimate of drug-likeness (QED) is 0.678. The number of carbonyl (C=O) groups is 2. The topological polar surface area (TPSA) is 69.6 Å². The highest BCUT2D eigenvalue weighted by Crippen LogP contribution is 2.09. The second-order valence-electron chi connectivity index (χ2n) is 3.32. The summed E-state index contributed by atoms with van der Waals surface area (Å²) in [4.78, 5) is 23.3. The summed E-state index contributed by atoms with van der Waals surface area (Å²) in [6.07, 6.45) is 0.349. The predicted octanol–water partition coefficient (Wildman–Crippen LogP) is 0.511. The first-order chi connectivity index (χ1) is 5.83. The van der Waals surface area contributed by atoms with Gasteiger partial charge in [-0.15, -0.1) is 0 Å². The average Bonchev–Trinajstić information content (AvgIpc) is 2.03. The van der Waals surface area contributed by atoms with Crippen molar-refractivity contribution in [3.05, 3.63) is 0 Å². The van der Waals surface area contributed by atoms with E-state index in [2.05, 4.69) is 5.32 Å². The molecule has 13 heavy (non-hydrogen) atoms. The van der Waals surface area contributed by atoms with Crippen LogP contribution in [0.3, 0.4) is 0 Å². The van der Waals surface area contributed by atoms with E-state index in [9.17, 15) is 9.59 Å². The molecule has 2 amide bonds. The van der Waals surface area contributed by atoms with Crippen LogP contribution in [0, 0.1) is 0 Å². The minimum Gasteiger partial charge on any atom is -0.480 e. The molecule has 0 rings (SSSR count). The van der Waals surface area contributed by atoms with Crippen LogP contribution in [0.2, 0.25) is 0 Å². The number of carbonyl (C=O) groups excluding carboxylic acids is 1. The van der Waals surface area contributed by atoms with Crippen LogP contribution in [0.4, 0.5) is 4.79 Å². The van der Waals surface area contributed by atoms with Gasteiger partial charge in [-0.25, -0.2) is 9.59 Å². The summed E-state index contributed by atoms with van der Waals surface area (Å²) in [6, 6.07) is -0.397. The maximum atomic E-state index is 11.2. The van der Waals surface area contributed by atoms with Crippen LogP contribution in [-0.2, 0) is 4.79 Å². The number of nitrogens with one attached hydrogen (secondary N) is 1. The first-order valence-electron chi connectivity index (χ1n) is 4.06. The van der Waals surface area contributed by atoms with E-state index < -0.39 is 17.5 Å². The molecule has 1 atom stereocenters. The molecule has 0 aromatic heterocycles. The Morgan fingerprint density at radius 2 is 1.92 bits per heavy atom. The Morgan fingerprint density at radius 3 is 2.15 bits per heavy atom. The number of aliphatic carboxylic acids is 1. The summed E-state index contributed by atoms with van der Waals surface area (Å²) in [5.74, 6) is -1.02. The van der Waals surface area contributed by atoms with Crippen molar-refractivity contribution < 1.29 is 14.7 Å². The second-order valence-corrected chi connectivity index (χ2v) is 3.32. The van der Waals surface area contributed by atoms with Crippen LogP contribution < -0.4 is 5.32 Å². The van der Waals surface area contributed by atoms with Gasteiger partial charge in [0.2, 0.25) is 0 Å². The summed E-state index contributed by atoms with van der Waals surface area (Å²) in [7, 11) is 3.13. The molecule has 0 aliphatic rings. The summed E-state index contributed by atoms with van der Waals surface area (Å²) < 4.78 is 0. The molecule has 1 unspecified atom stereocenters. The number of urea groups is 1. The SMILES string of the molecule is CCC(C)(NC(=O)N(C)C)C(=O)O. The lowest BCUT2D eigenvalue weighted by Crippen LogP contribution is -2.54. The lowest BCUT2D eigenvalue weighted by molar-refractivity contribution is -0.143. The van der Waals surface area contributed by atoms with Gasteiger partial charge in [-0.1, -0.05) is 6.92 Å². The third-order valence-corrected chi connectivity index (χ3v) is 1.97. The third-order valence-electron chi connectivity index (χ3n) is 1.97. The summed E-state index contributed by atoms with van der Waals surface area (Å²) >= 11 is 0. The fraction of sp³-hybridized carbons (Fsp3) is 0.750. The van der Waals surface area contributed by atoms with Gasteiger partial charge in [0.1, 0.15) is 5.54 Å². The molecule has 0 heterocycles. The molecule has 0 aliphatic carbocycles. The molecule has 5 nitrogen and oxygen atoms in total. The monoisotopic (exact) mass is 188 g/mol. The lowest BCUT2D eigenvalue weighted by atomic mass is 10.00. The van der Waals surface area contributed by atoms with E-state index in [1.54, 1.807) is 21.0 Å². The molecular formula is C8H16N2O3. The molecule has 0 saturated carbocycles. The predicted molar refractivity (Wildman–Crippen MR) is 48.6 cm³/mol. The van der Waals surface area contributed by atoms with Crippen molar-refractivity contribution in [3.63, 3.8) is 0 Å². The Labute approximate surface area is 77.7 Å². The number of hydrogen-bond donors (Lipinski definition) is 2. The Morgan fingerprint density at radius 1 is 1.46 bits per heavy atom. The number of carboxylic acid groups (broad SMARTS) is 1. The third kappa shape index (κ3) is 2.93. The number of amides is 2. The van der Waals surface area contributed by atoms with Crippen molar-refractivity contribution in [2.75, 3.05) is 14.1 Å². The number of rotatable bonds is 3. The van der Waals surface area contributed by atoms with Crippen molar-refractivity contribution >= 4 is 12.0 Å². The van der Waals surface area contributed by atoms with Crippen molar-refractivity contribution in [3.8, 4) is 0 Å². The Balaban J connectivity index is 4.45. The van der Waals surface area contributed by atoms with Crippen LogP contribution >= 0.6 is 0 Å². The molecule has 0 aromatic rings. The summed E-state index contributed by atoms with van der Waals surface area (Å²) in [6.45, 7) is 3.20. The highest BCUT2D eigenvalue weighted by atomic mass is 16.4. The Hall–Kier alpha value is -1.26. The molecule has 0 radical (unpaired) electrons. The van der Waals surface area contributed by atoms with Crippen molar-refractivity contribution in [2.45, 2.75) is 25.8 Å². The maximum absolute atomic E-state index is 11.2. The maximum Gasteiger partial charge on any atom is 0.329 e. The largest absolute Gasteiger partial charge is 0.480 e. The van der Waals surface area contributed by atoms with Gasteiger partial charge in [0.05, 0.1) is 0 Å². The van der Waals surface area contributed by atoms with Crippen LogP contribution in [0.25, 0.3) is 0 Å². The van der Waals surface area contributed by atoms with Crippen LogP contribution in [0.15, 0.2) is 0 Å².